The number of anilines is 1. The number of rotatable bonds is 1. The lowest BCUT2D eigenvalue weighted by Gasteiger charge is -2.04. The van der Waals surface area contributed by atoms with Gasteiger partial charge in [-0.1, -0.05) is 0 Å². The van der Waals surface area contributed by atoms with E-state index in [-0.39, 0.29) is 11.8 Å². The zero-order chi connectivity index (χ0) is 10.1. The Morgan fingerprint density at radius 3 is 2.36 bits per heavy atom. The van der Waals surface area contributed by atoms with Crippen LogP contribution in [-0.4, -0.2) is 14.8 Å². The highest BCUT2D eigenvalue weighted by Gasteiger charge is 2.07. The fourth-order valence-electron chi connectivity index (χ4n) is 1.13. The van der Waals surface area contributed by atoms with Crippen LogP contribution in [0.15, 0.2) is 29.4 Å². The standard InChI is InChI=1S/C8H7FN4S/c9-5-1-3-6(4-2-5)13-7(10)11-12-8(13)14/h1-4H,(H2,10,11)(H,12,14). The monoisotopic (exact) mass is 210 g/mol. The van der Waals surface area contributed by atoms with E-state index in [9.17, 15) is 4.39 Å². The van der Waals surface area contributed by atoms with E-state index in [0.29, 0.717) is 10.8 Å². The average molecular weight is 210 g/mol. The van der Waals surface area contributed by atoms with Crippen molar-refractivity contribution >= 4 is 18.6 Å². The second kappa shape index (κ2) is 3.30. The molecule has 1 heterocycles. The molecular weight excluding hydrogens is 203 g/mol. The Morgan fingerprint density at radius 2 is 1.86 bits per heavy atom. The van der Waals surface area contributed by atoms with E-state index in [0.717, 1.165) is 0 Å². The van der Waals surface area contributed by atoms with Gasteiger partial charge in [-0.2, -0.15) is 0 Å². The van der Waals surface area contributed by atoms with Gasteiger partial charge in [0.1, 0.15) is 5.82 Å². The highest BCUT2D eigenvalue weighted by molar-refractivity contribution is 7.80. The van der Waals surface area contributed by atoms with Crippen LogP contribution in [0.1, 0.15) is 0 Å². The fraction of sp³-hybridized carbons (Fsp3) is 0. The molecule has 0 aliphatic rings. The maximum Gasteiger partial charge on any atom is 0.227 e. The van der Waals surface area contributed by atoms with Gasteiger partial charge in [-0.15, -0.1) is 22.8 Å². The van der Waals surface area contributed by atoms with Crippen LogP contribution in [0, 0.1) is 5.82 Å². The minimum atomic E-state index is -0.305. The Hall–Kier alpha value is -1.56. The number of benzene rings is 1. The number of hydrogen-bond donors (Lipinski definition) is 2. The lowest BCUT2D eigenvalue weighted by molar-refractivity contribution is 0.627. The van der Waals surface area contributed by atoms with E-state index >= 15 is 0 Å². The number of halogens is 1. The molecule has 0 saturated carbocycles. The normalized spacial score (nSPS) is 10.4. The van der Waals surface area contributed by atoms with Crippen molar-refractivity contribution in [2.75, 3.05) is 5.73 Å². The zero-order valence-electron chi connectivity index (χ0n) is 7.05. The van der Waals surface area contributed by atoms with Gasteiger partial charge in [-0.05, 0) is 24.3 Å². The predicted molar refractivity (Wildman–Crippen MR) is 53.0 cm³/mol. The Bertz CT molecular complexity index is 431. The minimum absolute atomic E-state index is 0.224. The largest absolute Gasteiger partial charge is 0.368 e. The highest BCUT2D eigenvalue weighted by atomic mass is 32.1. The van der Waals surface area contributed by atoms with Crippen LogP contribution < -0.4 is 5.73 Å². The van der Waals surface area contributed by atoms with Gasteiger partial charge in [0.15, 0.2) is 5.16 Å². The van der Waals surface area contributed by atoms with Gasteiger partial charge in [0.25, 0.3) is 0 Å². The van der Waals surface area contributed by atoms with Crippen molar-refractivity contribution in [3.05, 3.63) is 30.1 Å². The number of nitrogen functional groups attached to an aromatic ring is 1. The zero-order valence-corrected chi connectivity index (χ0v) is 7.95. The SMILES string of the molecule is Nc1nnc(S)n1-c1ccc(F)cc1. The molecule has 0 unspecified atom stereocenters. The summed E-state index contributed by atoms with van der Waals surface area (Å²) in [4.78, 5) is 0. The first-order valence-corrected chi connectivity index (χ1v) is 4.29. The average Bonchev–Trinajstić information content (AvgIpc) is 2.49. The summed E-state index contributed by atoms with van der Waals surface area (Å²) in [5.74, 6) is -0.0808. The third-order valence-electron chi connectivity index (χ3n) is 1.76. The van der Waals surface area contributed by atoms with E-state index in [1.54, 1.807) is 12.1 Å². The molecule has 1 aromatic carbocycles. The molecule has 2 aromatic rings. The first kappa shape index (κ1) is 9.01. The van der Waals surface area contributed by atoms with Gasteiger partial charge in [0, 0.05) is 0 Å². The van der Waals surface area contributed by atoms with E-state index < -0.39 is 0 Å². The summed E-state index contributed by atoms with van der Waals surface area (Å²) in [5, 5.41) is 7.68. The van der Waals surface area contributed by atoms with Crippen LogP contribution in [0.4, 0.5) is 10.3 Å². The number of hydrogen-bond acceptors (Lipinski definition) is 4. The molecule has 14 heavy (non-hydrogen) atoms. The fourth-order valence-corrected chi connectivity index (χ4v) is 1.39. The Kier molecular flexibility index (Phi) is 2.12. The maximum absolute atomic E-state index is 12.6. The molecule has 0 atom stereocenters. The highest BCUT2D eigenvalue weighted by Crippen LogP contribution is 2.16. The van der Waals surface area contributed by atoms with Gasteiger partial charge < -0.3 is 5.73 Å². The topological polar surface area (TPSA) is 56.7 Å². The molecule has 1 aromatic heterocycles. The van der Waals surface area contributed by atoms with E-state index in [1.807, 2.05) is 0 Å². The lowest BCUT2D eigenvalue weighted by Crippen LogP contribution is -2.01. The van der Waals surface area contributed by atoms with Crippen LogP contribution in [0.25, 0.3) is 5.69 Å². The van der Waals surface area contributed by atoms with Crippen molar-refractivity contribution in [3.8, 4) is 5.69 Å². The number of aromatic nitrogens is 3. The molecule has 0 amide bonds. The molecule has 0 radical (unpaired) electrons. The number of nitrogens with zero attached hydrogens (tertiary/aromatic N) is 3. The molecule has 4 nitrogen and oxygen atoms in total. The molecular formula is C8H7FN4S. The molecule has 0 bridgehead atoms. The third-order valence-corrected chi connectivity index (χ3v) is 2.05. The molecule has 0 aliphatic heterocycles. The minimum Gasteiger partial charge on any atom is -0.368 e. The first-order chi connectivity index (χ1) is 6.68. The molecule has 6 heteroatoms. The molecule has 0 spiro atoms. The predicted octanol–water partition coefficient (Wildman–Crippen LogP) is 1.28. The van der Waals surface area contributed by atoms with Gasteiger partial charge >= 0.3 is 0 Å². The molecule has 2 rings (SSSR count). The van der Waals surface area contributed by atoms with Crippen molar-refractivity contribution in [2.45, 2.75) is 5.16 Å². The van der Waals surface area contributed by atoms with Crippen LogP contribution in [0.3, 0.4) is 0 Å². The summed E-state index contributed by atoms with van der Waals surface area (Å²) in [6.07, 6.45) is 0. The Labute approximate surface area is 85.0 Å². The molecule has 0 fully saturated rings. The number of nitrogens with two attached hydrogens (primary N) is 1. The summed E-state index contributed by atoms with van der Waals surface area (Å²) in [7, 11) is 0. The van der Waals surface area contributed by atoms with E-state index in [4.69, 9.17) is 5.73 Å². The van der Waals surface area contributed by atoms with Gasteiger partial charge in [0.2, 0.25) is 5.95 Å². The molecule has 0 aliphatic carbocycles. The van der Waals surface area contributed by atoms with E-state index in [2.05, 4.69) is 22.8 Å². The number of thiol groups is 1. The van der Waals surface area contributed by atoms with Crippen LogP contribution in [-0.2, 0) is 0 Å². The summed E-state index contributed by atoms with van der Waals surface area (Å²) >= 11 is 4.07. The quantitative estimate of drug-likeness (QED) is 0.697. The lowest BCUT2D eigenvalue weighted by atomic mass is 10.3. The second-order valence-corrected chi connectivity index (χ2v) is 3.07. The van der Waals surface area contributed by atoms with Crippen molar-refractivity contribution in [1.29, 1.82) is 0 Å². The van der Waals surface area contributed by atoms with Crippen molar-refractivity contribution in [2.24, 2.45) is 0 Å². The summed E-state index contributed by atoms with van der Waals surface area (Å²) in [5.41, 5.74) is 6.24. The van der Waals surface area contributed by atoms with Crippen LogP contribution in [0.2, 0.25) is 0 Å². The third kappa shape index (κ3) is 1.44. The van der Waals surface area contributed by atoms with Crippen LogP contribution in [0.5, 0.6) is 0 Å². The van der Waals surface area contributed by atoms with Crippen molar-refractivity contribution < 1.29 is 4.39 Å². The summed E-state index contributed by atoms with van der Waals surface area (Å²) in [6, 6.07) is 5.83. The summed E-state index contributed by atoms with van der Waals surface area (Å²) < 4.78 is 14.2. The van der Waals surface area contributed by atoms with Gasteiger partial charge in [0.05, 0.1) is 5.69 Å². The van der Waals surface area contributed by atoms with E-state index in [1.165, 1.54) is 16.7 Å². The molecule has 2 N–H and O–H groups in total. The van der Waals surface area contributed by atoms with Gasteiger partial charge in [-0.3, -0.25) is 4.57 Å². The maximum atomic E-state index is 12.6. The molecule has 72 valence electrons. The summed E-state index contributed by atoms with van der Waals surface area (Å²) in [6.45, 7) is 0. The Balaban J connectivity index is 2.54. The smallest absolute Gasteiger partial charge is 0.227 e. The van der Waals surface area contributed by atoms with Crippen LogP contribution >= 0.6 is 12.6 Å². The Morgan fingerprint density at radius 1 is 1.21 bits per heavy atom. The van der Waals surface area contributed by atoms with Crippen molar-refractivity contribution in [3.63, 3.8) is 0 Å². The first-order valence-electron chi connectivity index (χ1n) is 3.84. The van der Waals surface area contributed by atoms with Crippen molar-refractivity contribution in [1.82, 2.24) is 14.8 Å². The molecule has 0 saturated heterocycles. The van der Waals surface area contributed by atoms with Gasteiger partial charge in [-0.25, -0.2) is 4.39 Å². The second-order valence-electron chi connectivity index (χ2n) is 2.67.